The van der Waals surface area contributed by atoms with Crippen LogP contribution in [0.3, 0.4) is 0 Å². The Morgan fingerprint density at radius 3 is 2.88 bits per heavy atom. The van der Waals surface area contributed by atoms with Gasteiger partial charge in [-0.05, 0) is 18.9 Å². The number of carbonyl (C=O) groups is 1. The van der Waals surface area contributed by atoms with Gasteiger partial charge in [0, 0.05) is 38.4 Å². The zero-order chi connectivity index (χ0) is 16.8. The van der Waals surface area contributed by atoms with Crippen LogP contribution in [0.25, 0.3) is 0 Å². The molecule has 3 heterocycles. The maximum atomic E-state index is 13.4. The fourth-order valence-corrected chi connectivity index (χ4v) is 2.61. The summed E-state index contributed by atoms with van der Waals surface area (Å²) in [4.78, 5) is 17.8. The summed E-state index contributed by atoms with van der Waals surface area (Å²) in [6.45, 7) is 2.89. The zero-order valence-electron chi connectivity index (χ0n) is 13.2. The van der Waals surface area contributed by atoms with E-state index in [-0.39, 0.29) is 5.56 Å². The first-order valence-corrected chi connectivity index (χ1v) is 7.93. The fraction of sp³-hybridized carbons (Fsp3) is 0.375. The van der Waals surface area contributed by atoms with Crippen LogP contribution in [0.2, 0.25) is 0 Å². The predicted octanol–water partition coefficient (Wildman–Crippen LogP) is 1.45. The van der Waals surface area contributed by atoms with Crippen molar-refractivity contribution in [3.8, 4) is 0 Å². The number of halogens is 1. The molecule has 0 aromatic carbocycles. The molecule has 126 valence electrons. The first-order chi connectivity index (χ1) is 11.7. The Bertz CT molecular complexity index is 704. The molecular weight excluding hydrogens is 311 g/mol. The van der Waals surface area contributed by atoms with Gasteiger partial charge in [0.2, 0.25) is 0 Å². The lowest BCUT2D eigenvalue weighted by Gasteiger charge is -2.17. The summed E-state index contributed by atoms with van der Waals surface area (Å²) in [7, 11) is 0. The van der Waals surface area contributed by atoms with Gasteiger partial charge in [0.1, 0.15) is 0 Å². The molecule has 24 heavy (non-hydrogen) atoms. The van der Waals surface area contributed by atoms with Gasteiger partial charge in [0.05, 0.1) is 23.6 Å². The second-order valence-electron chi connectivity index (χ2n) is 5.53. The van der Waals surface area contributed by atoms with Gasteiger partial charge in [-0.3, -0.25) is 9.78 Å². The molecule has 3 rings (SSSR count). The number of hydrogen-bond acceptors (Lipinski definition) is 6. The Hall–Kier alpha value is -2.77. The highest BCUT2D eigenvalue weighted by Gasteiger charge is 2.13. The Morgan fingerprint density at radius 2 is 2.08 bits per heavy atom. The second kappa shape index (κ2) is 7.67. The second-order valence-corrected chi connectivity index (χ2v) is 5.53. The number of amides is 1. The van der Waals surface area contributed by atoms with Gasteiger partial charge in [-0.1, -0.05) is 0 Å². The third-order valence-corrected chi connectivity index (χ3v) is 3.85. The van der Waals surface area contributed by atoms with Crippen molar-refractivity contribution in [1.82, 2.24) is 20.5 Å². The molecule has 1 aliphatic heterocycles. The number of rotatable bonds is 6. The lowest BCUT2D eigenvalue weighted by molar-refractivity contribution is 0.0951. The molecule has 1 amide bonds. The molecule has 0 spiro atoms. The number of nitrogens with zero attached hydrogens (tertiary/aromatic N) is 4. The molecular formula is C16H19FN6O. The highest BCUT2D eigenvalue weighted by Crippen LogP contribution is 2.20. The molecule has 2 N–H and O–H groups in total. The van der Waals surface area contributed by atoms with Crippen LogP contribution in [0, 0.1) is 5.82 Å². The lowest BCUT2D eigenvalue weighted by atomic mass is 10.2. The van der Waals surface area contributed by atoms with Crippen LogP contribution in [0.1, 0.15) is 23.2 Å². The minimum atomic E-state index is -0.632. The molecule has 0 radical (unpaired) electrons. The van der Waals surface area contributed by atoms with Crippen LogP contribution in [0.4, 0.5) is 15.9 Å². The maximum absolute atomic E-state index is 13.4. The molecule has 0 saturated carbocycles. The largest absolute Gasteiger partial charge is 0.370 e. The van der Waals surface area contributed by atoms with Crippen LogP contribution < -0.4 is 15.5 Å². The van der Waals surface area contributed by atoms with Gasteiger partial charge in [-0.25, -0.2) is 4.39 Å². The molecule has 1 aliphatic rings. The van der Waals surface area contributed by atoms with Crippen LogP contribution in [-0.2, 0) is 0 Å². The molecule has 2 aromatic heterocycles. The topological polar surface area (TPSA) is 83.0 Å². The molecule has 1 fully saturated rings. The molecule has 0 bridgehead atoms. The van der Waals surface area contributed by atoms with E-state index < -0.39 is 11.7 Å². The van der Waals surface area contributed by atoms with Gasteiger partial charge in [0.15, 0.2) is 11.6 Å². The van der Waals surface area contributed by atoms with E-state index in [9.17, 15) is 9.18 Å². The van der Waals surface area contributed by atoms with Gasteiger partial charge < -0.3 is 15.5 Å². The molecule has 7 nitrogen and oxygen atoms in total. The molecule has 8 heteroatoms. The van der Waals surface area contributed by atoms with E-state index in [1.165, 1.54) is 25.1 Å². The smallest absolute Gasteiger partial charge is 0.254 e. The van der Waals surface area contributed by atoms with E-state index in [1.54, 1.807) is 6.20 Å². The number of anilines is 2. The van der Waals surface area contributed by atoms with Gasteiger partial charge in [0.25, 0.3) is 5.91 Å². The number of aromatic nitrogens is 3. The van der Waals surface area contributed by atoms with Crippen molar-refractivity contribution in [2.24, 2.45) is 0 Å². The molecule has 0 atom stereocenters. The van der Waals surface area contributed by atoms with E-state index in [0.29, 0.717) is 18.9 Å². The zero-order valence-corrected chi connectivity index (χ0v) is 13.2. The average Bonchev–Trinajstić information content (AvgIpc) is 3.14. The van der Waals surface area contributed by atoms with Crippen molar-refractivity contribution in [2.45, 2.75) is 12.8 Å². The number of carbonyl (C=O) groups excluding carboxylic acids is 1. The fourth-order valence-electron chi connectivity index (χ4n) is 2.61. The third-order valence-electron chi connectivity index (χ3n) is 3.85. The quantitative estimate of drug-likeness (QED) is 0.780. The first-order valence-electron chi connectivity index (χ1n) is 7.93. The summed E-state index contributed by atoms with van der Waals surface area (Å²) >= 11 is 0. The Morgan fingerprint density at radius 1 is 1.25 bits per heavy atom. The Kier molecular flexibility index (Phi) is 5.15. The van der Waals surface area contributed by atoms with Gasteiger partial charge >= 0.3 is 0 Å². The number of nitrogens with one attached hydrogen (secondary N) is 2. The van der Waals surface area contributed by atoms with Crippen molar-refractivity contribution in [3.05, 3.63) is 42.1 Å². The minimum Gasteiger partial charge on any atom is -0.370 e. The highest BCUT2D eigenvalue weighted by molar-refractivity contribution is 5.94. The minimum absolute atomic E-state index is 0.0131. The molecule has 0 unspecified atom stereocenters. The summed E-state index contributed by atoms with van der Waals surface area (Å²) in [6, 6.07) is 3.30. The van der Waals surface area contributed by atoms with Crippen molar-refractivity contribution >= 4 is 17.4 Å². The first kappa shape index (κ1) is 16.1. The summed E-state index contributed by atoms with van der Waals surface area (Å²) in [5.41, 5.74) is 1.04. The van der Waals surface area contributed by atoms with E-state index in [2.05, 4.69) is 30.7 Å². The normalized spacial score (nSPS) is 13.8. The number of pyridine rings is 1. The van der Waals surface area contributed by atoms with E-state index in [1.807, 2.05) is 6.07 Å². The Balaban J connectivity index is 1.47. The summed E-state index contributed by atoms with van der Waals surface area (Å²) in [5.74, 6) is -0.440. The highest BCUT2D eigenvalue weighted by atomic mass is 19.1. The van der Waals surface area contributed by atoms with E-state index in [4.69, 9.17) is 0 Å². The lowest BCUT2D eigenvalue weighted by Crippen LogP contribution is -2.29. The van der Waals surface area contributed by atoms with Gasteiger partial charge in [-0.15, -0.1) is 5.10 Å². The van der Waals surface area contributed by atoms with Crippen molar-refractivity contribution in [1.29, 1.82) is 0 Å². The van der Waals surface area contributed by atoms with Crippen LogP contribution >= 0.6 is 0 Å². The third kappa shape index (κ3) is 3.95. The predicted molar refractivity (Wildman–Crippen MR) is 88.5 cm³/mol. The SMILES string of the molecule is O=C(NCCNc1cc(N2CCCC2)cnn1)c1ccncc1F. The van der Waals surface area contributed by atoms with E-state index in [0.717, 1.165) is 25.0 Å². The van der Waals surface area contributed by atoms with Crippen molar-refractivity contribution in [3.63, 3.8) is 0 Å². The van der Waals surface area contributed by atoms with Crippen LogP contribution in [0.15, 0.2) is 30.7 Å². The molecule has 0 aliphatic carbocycles. The Labute approximate surface area is 139 Å². The van der Waals surface area contributed by atoms with Crippen LogP contribution in [0.5, 0.6) is 0 Å². The summed E-state index contributed by atoms with van der Waals surface area (Å²) in [5, 5.41) is 13.8. The summed E-state index contributed by atoms with van der Waals surface area (Å²) in [6.07, 6.45) is 6.55. The standard InChI is InChI=1S/C16H19FN6O/c17-14-11-18-4-3-13(14)16(24)20-6-5-19-15-9-12(10-21-22-15)23-7-1-2-8-23/h3-4,9-11H,1-2,5-8H2,(H,19,22)(H,20,24). The summed E-state index contributed by atoms with van der Waals surface area (Å²) < 4.78 is 13.4. The van der Waals surface area contributed by atoms with Crippen molar-refractivity contribution < 1.29 is 9.18 Å². The van der Waals surface area contributed by atoms with Gasteiger partial charge in [-0.2, -0.15) is 5.10 Å². The molecule has 2 aromatic rings. The van der Waals surface area contributed by atoms with Crippen molar-refractivity contribution in [2.75, 3.05) is 36.4 Å². The molecule has 1 saturated heterocycles. The van der Waals surface area contributed by atoms with Crippen LogP contribution in [-0.4, -0.2) is 47.3 Å². The maximum Gasteiger partial charge on any atom is 0.254 e. The number of hydrogen-bond donors (Lipinski definition) is 2. The average molecular weight is 330 g/mol. The van der Waals surface area contributed by atoms with E-state index >= 15 is 0 Å². The monoisotopic (exact) mass is 330 g/mol.